The van der Waals surface area contributed by atoms with E-state index in [2.05, 4.69) is 15.3 Å². The van der Waals surface area contributed by atoms with E-state index in [1.165, 1.54) is 0 Å². The molecule has 0 amide bonds. The molecule has 0 bridgehead atoms. The van der Waals surface area contributed by atoms with Gasteiger partial charge in [0.2, 0.25) is 5.28 Å². The molecule has 2 heterocycles. The molecule has 1 aliphatic rings. The van der Waals surface area contributed by atoms with Crippen LogP contribution in [0.25, 0.3) is 0 Å². The lowest BCUT2D eigenvalue weighted by molar-refractivity contribution is -0.141. The van der Waals surface area contributed by atoms with Crippen LogP contribution in [0.15, 0.2) is 6.07 Å². The van der Waals surface area contributed by atoms with Gasteiger partial charge >= 0.3 is 6.18 Å². The zero-order valence-corrected chi connectivity index (χ0v) is 10.9. The summed E-state index contributed by atoms with van der Waals surface area (Å²) >= 11 is 5.49. The van der Waals surface area contributed by atoms with Crippen molar-refractivity contribution < 1.29 is 17.9 Å². The molecule has 0 aliphatic carbocycles. The lowest BCUT2D eigenvalue weighted by Gasteiger charge is -2.15. The van der Waals surface area contributed by atoms with Gasteiger partial charge in [0, 0.05) is 25.1 Å². The highest BCUT2D eigenvalue weighted by molar-refractivity contribution is 6.28. The molecule has 1 aromatic heterocycles. The predicted octanol–water partition coefficient (Wildman–Crippen LogP) is 2.99. The van der Waals surface area contributed by atoms with Crippen molar-refractivity contribution in [3.63, 3.8) is 0 Å². The van der Waals surface area contributed by atoms with Crippen molar-refractivity contribution in [3.8, 4) is 0 Å². The number of hydrogen-bond donors (Lipinski definition) is 1. The Balaban J connectivity index is 2.06. The van der Waals surface area contributed by atoms with Crippen LogP contribution in [0.2, 0.25) is 5.28 Å². The first kappa shape index (κ1) is 14.3. The van der Waals surface area contributed by atoms with Crippen LogP contribution in [0.1, 0.15) is 19.0 Å². The van der Waals surface area contributed by atoms with Crippen LogP contribution >= 0.6 is 11.6 Å². The van der Waals surface area contributed by atoms with Crippen LogP contribution in [0.5, 0.6) is 0 Å². The third kappa shape index (κ3) is 3.70. The third-order valence-electron chi connectivity index (χ3n) is 3.07. The molecule has 2 atom stereocenters. The van der Waals surface area contributed by atoms with Gasteiger partial charge in [-0.1, -0.05) is 0 Å². The summed E-state index contributed by atoms with van der Waals surface area (Å²) < 4.78 is 43.0. The molecule has 2 unspecified atom stereocenters. The number of hydrogen-bond acceptors (Lipinski definition) is 4. The average Bonchev–Trinajstić information content (AvgIpc) is 2.70. The number of ether oxygens (including phenoxy) is 1. The minimum atomic E-state index is -4.53. The van der Waals surface area contributed by atoms with E-state index < -0.39 is 17.2 Å². The summed E-state index contributed by atoms with van der Waals surface area (Å²) in [5.41, 5.74) is -1.05. The molecule has 2 rings (SSSR count). The lowest BCUT2D eigenvalue weighted by Crippen LogP contribution is -2.21. The maximum atomic E-state index is 12.6. The highest BCUT2D eigenvalue weighted by Gasteiger charge is 2.33. The van der Waals surface area contributed by atoms with Crippen LogP contribution in [-0.4, -0.2) is 29.2 Å². The summed E-state index contributed by atoms with van der Waals surface area (Å²) in [6.07, 6.45) is -3.57. The van der Waals surface area contributed by atoms with E-state index in [0.29, 0.717) is 13.2 Å². The molecule has 1 fully saturated rings. The van der Waals surface area contributed by atoms with Gasteiger partial charge < -0.3 is 10.1 Å². The smallest absolute Gasteiger partial charge is 0.378 e. The molecule has 0 aromatic carbocycles. The van der Waals surface area contributed by atoms with Gasteiger partial charge in [0.15, 0.2) is 5.69 Å². The Bertz CT molecular complexity index is 455. The van der Waals surface area contributed by atoms with Gasteiger partial charge in [-0.05, 0) is 24.9 Å². The number of anilines is 1. The first-order valence-corrected chi connectivity index (χ1v) is 6.21. The van der Waals surface area contributed by atoms with Gasteiger partial charge in [0.05, 0.1) is 6.10 Å². The van der Waals surface area contributed by atoms with Crippen molar-refractivity contribution in [1.82, 2.24) is 9.97 Å². The lowest BCUT2D eigenvalue weighted by atomic mass is 10.0. The molecule has 8 heteroatoms. The molecule has 1 aliphatic heterocycles. The predicted molar refractivity (Wildman–Crippen MR) is 64.1 cm³/mol. The van der Waals surface area contributed by atoms with E-state index >= 15 is 0 Å². The highest BCUT2D eigenvalue weighted by atomic mass is 35.5. The molecule has 0 saturated carbocycles. The van der Waals surface area contributed by atoms with E-state index in [9.17, 15) is 13.2 Å². The van der Waals surface area contributed by atoms with Crippen LogP contribution in [0.4, 0.5) is 19.0 Å². The van der Waals surface area contributed by atoms with Crippen molar-refractivity contribution in [2.75, 3.05) is 18.5 Å². The quantitative estimate of drug-likeness (QED) is 0.871. The second kappa shape index (κ2) is 5.50. The van der Waals surface area contributed by atoms with E-state index in [-0.39, 0.29) is 17.8 Å². The Hall–Kier alpha value is -1.08. The van der Waals surface area contributed by atoms with Gasteiger partial charge in [-0.25, -0.2) is 9.97 Å². The Morgan fingerprint density at radius 1 is 1.47 bits per heavy atom. The zero-order chi connectivity index (χ0) is 14.0. The van der Waals surface area contributed by atoms with Gasteiger partial charge in [0.25, 0.3) is 0 Å². The SMILES string of the molecule is CC1OCCC1CNc1cc(C(F)(F)F)nc(Cl)n1. The summed E-state index contributed by atoms with van der Waals surface area (Å²) in [5, 5.41) is 2.43. The fourth-order valence-electron chi connectivity index (χ4n) is 1.93. The van der Waals surface area contributed by atoms with Gasteiger partial charge in [0.1, 0.15) is 5.82 Å². The number of aromatic nitrogens is 2. The number of alkyl halides is 3. The normalized spacial score (nSPS) is 23.6. The Labute approximate surface area is 113 Å². The largest absolute Gasteiger partial charge is 0.433 e. The Kier molecular flexibility index (Phi) is 4.15. The summed E-state index contributed by atoms with van der Waals surface area (Å²) in [7, 11) is 0. The first-order chi connectivity index (χ1) is 8.86. The molecular weight excluding hydrogens is 283 g/mol. The molecule has 19 heavy (non-hydrogen) atoms. The number of nitrogens with one attached hydrogen (secondary N) is 1. The topological polar surface area (TPSA) is 47.0 Å². The zero-order valence-electron chi connectivity index (χ0n) is 10.2. The van der Waals surface area contributed by atoms with E-state index in [1.54, 1.807) is 0 Å². The molecule has 0 spiro atoms. The van der Waals surface area contributed by atoms with Crippen molar-refractivity contribution in [2.24, 2.45) is 5.92 Å². The third-order valence-corrected chi connectivity index (χ3v) is 3.24. The van der Waals surface area contributed by atoms with Gasteiger partial charge in [-0.15, -0.1) is 0 Å². The standard InChI is InChI=1S/C11H13ClF3N3O/c1-6-7(2-3-19-6)5-16-9-4-8(11(13,14)15)17-10(12)18-9/h4,6-7H,2-3,5H2,1H3,(H,16,17,18). The van der Waals surface area contributed by atoms with E-state index in [4.69, 9.17) is 16.3 Å². The summed E-state index contributed by atoms with van der Waals surface area (Å²) in [6.45, 7) is 3.10. The fraction of sp³-hybridized carbons (Fsp3) is 0.636. The van der Waals surface area contributed by atoms with E-state index in [0.717, 1.165) is 12.5 Å². The number of nitrogens with zero attached hydrogens (tertiary/aromatic N) is 2. The van der Waals surface area contributed by atoms with Crippen LogP contribution < -0.4 is 5.32 Å². The van der Waals surface area contributed by atoms with Gasteiger partial charge in [-0.3, -0.25) is 0 Å². The van der Waals surface area contributed by atoms with Gasteiger partial charge in [-0.2, -0.15) is 13.2 Å². The molecular formula is C11H13ClF3N3O. The van der Waals surface area contributed by atoms with Crippen LogP contribution in [0.3, 0.4) is 0 Å². The van der Waals surface area contributed by atoms with Crippen molar-refractivity contribution in [1.29, 1.82) is 0 Å². The molecule has 1 saturated heterocycles. The van der Waals surface area contributed by atoms with Crippen LogP contribution in [0, 0.1) is 5.92 Å². The maximum absolute atomic E-state index is 12.6. The Morgan fingerprint density at radius 3 is 2.79 bits per heavy atom. The number of halogens is 4. The average molecular weight is 296 g/mol. The summed E-state index contributed by atoms with van der Waals surface area (Å²) in [6, 6.07) is 0.854. The second-order valence-corrected chi connectivity index (χ2v) is 4.75. The first-order valence-electron chi connectivity index (χ1n) is 5.83. The molecule has 1 N–H and O–H groups in total. The number of rotatable bonds is 3. The van der Waals surface area contributed by atoms with Crippen LogP contribution in [-0.2, 0) is 10.9 Å². The van der Waals surface area contributed by atoms with Crippen molar-refractivity contribution in [3.05, 3.63) is 17.0 Å². The molecule has 106 valence electrons. The molecule has 1 aromatic rings. The minimum absolute atomic E-state index is 0.0754. The monoisotopic (exact) mass is 295 g/mol. The summed E-state index contributed by atoms with van der Waals surface area (Å²) in [5.74, 6) is 0.328. The Morgan fingerprint density at radius 2 is 2.21 bits per heavy atom. The van der Waals surface area contributed by atoms with Crippen molar-refractivity contribution >= 4 is 17.4 Å². The summed E-state index contributed by atoms with van der Waals surface area (Å²) in [4.78, 5) is 6.90. The minimum Gasteiger partial charge on any atom is -0.378 e. The highest BCUT2D eigenvalue weighted by Crippen LogP contribution is 2.30. The molecule has 0 radical (unpaired) electrons. The molecule has 4 nitrogen and oxygen atoms in total. The second-order valence-electron chi connectivity index (χ2n) is 4.41. The maximum Gasteiger partial charge on any atom is 0.433 e. The van der Waals surface area contributed by atoms with Crippen molar-refractivity contribution in [2.45, 2.75) is 25.6 Å². The fourth-order valence-corrected chi connectivity index (χ4v) is 2.12. The van der Waals surface area contributed by atoms with E-state index in [1.807, 2.05) is 6.92 Å².